The van der Waals surface area contributed by atoms with Crippen LogP contribution in [0, 0.1) is 5.41 Å². The second-order valence-corrected chi connectivity index (χ2v) is 20.2. The van der Waals surface area contributed by atoms with Crippen molar-refractivity contribution < 1.29 is 18.3 Å². The summed E-state index contributed by atoms with van der Waals surface area (Å²) in [7, 11) is 0.0776. The van der Waals surface area contributed by atoms with Crippen molar-refractivity contribution in [3.8, 4) is 0 Å². The first-order valence-electron chi connectivity index (χ1n) is 14.2. The van der Waals surface area contributed by atoms with Crippen LogP contribution in [0.2, 0.25) is 36.3 Å². The third kappa shape index (κ3) is 7.84. The maximum Gasteiger partial charge on any atom is 0.192 e. The number of likely N-dealkylation sites (tertiary alicyclic amines) is 1. The Morgan fingerprint density at radius 3 is 1.85 bits per heavy atom. The first kappa shape index (κ1) is 30.4. The van der Waals surface area contributed by atoms with Crippen molar-refractivity contribution in [1.29, 1.82) is 0 Å². The van der Waals surface area contributed by atoms with Crippen molar-refractivity contribution in [1.82, 2.24) is 10.2 Å². The summed E-state index contributed by atoms with van der Waals surface area (Å²) in [6.45, 7) is 18.8. The average Bonchev–Trinajstić information content (AvgIpc) is 3.66. The van der Waals surface area contributed by atoms with E-state index in [0.29, 0.717) is 18.1 Å². The molecule has 2 unspecified atom stereocenters. The summed E-state index contributed by atoms with van der Waals surface area (Å²) >= 11 is 0. The van der Waals surface area contributed by atoms with Crippen molar-refractivity contribution in [2.24, 2.45) is 5.41 Å². The van der Waals surface area contributed by atoms with Crippen LogP contribution in [-0.2, 0) is 18.3 Å². The number of hydrogen-bond acceptors (Lipinski definition) is 6. The van der Waals surface area contributed by atoms with Gasteiger partial charge in [0.15, 0.2) is 22.9 Å². The third-order valence-electron chi connectivity index (χ3n) is 9.27. The Hall–Kier alpha value is 0.194. The molecule has 0 amide bonds. The number of piperidine rings is 1. The van der Waals surface area contributed by atoms with Crippen LogP contribution in [0.1, 0.15) is 60.8 Å². The highest BCUT2D eigenvalue weighted by Gasteiger charge is 2.54. The topological polar surface area (TPSA) is 52.2 Å². The number of nitrogens with one attached hydrogen (secondary N) is 1. The van der Waals surface area contributed by atoms with Crippen LogP contribution in [-0.4, -0.2) is 87.0 Å². The van der Waals surface area contributed by atoms with E-state index in [1.807, 2.05) is 0 Å². The quantitative estimate of drug-likeness (QED) is 0.193. The van der Waals surface area contributed by atoms with Gasteiger partial charge in [-0.2, -0.15) is 0 Å². The zero-order chi connectivity index (χ0) is 25.2. The molecule has 1 aliphatic heterocycles. The van der Waals surface area contributed by atoms with Crippen LogP contribution in [0.3, 0.4) is 0 Å². The molecule has 202 valence electrons. The van der Waals surface area contributed by atoms with Gasteiger partial charge in [-0.15, -0.1) is 0 Å². The minimum Gasteiger partial charge on any atom is -0.412 e. The van der Waals surface area contributed by atoms with Crippen LogP contribution in [0.4, 0.5) is 0 Å². The summed E-state index contributed by atoms with van der Waals surface area (Å²) < 4.78 is 24.9. The van der Waals surface area contributed by atoms with Gasteiger partial charge in [0, 0.05) is 40.4 Å². The van der Waals surface area contributed by atoms with Gasteiger partial charge < -0.3 is 23.6 Å². The van der Waals surface area contributed by atoms with E-state index in [4.69, 9.17) is 18.3 Å². The van der Waals surface area contributed by atoms with Gasteiger partial charge in [-0.25, -0.2) is 0 Å². The summed E-state index contributed by atoms with van der Waals surface area (Å²) in [6.07, 6.45) is 4.40. The van der Waals surface area contributed by atoms with Gasteiger partial charge in [0.1, 0.15) is 0 Å². The molecule has 2 aliphatic rings. The van der Waals surface area contributed by atoms with Gasteiger partial charge in [0.2, 0.25) is 0 Å². The molecule has 1 spiro atoms. The fourth-order valence-electron chi connectivity index (χ4n) is 5.83. The van der Waals surface area contributed by atoms with Crippen LogP contribution in [0.25, 0.3) is 0 Å². The summed E-state index contributed by atoms with van der Waals surface area (Å²) in [5.41, 5.74) is 0.474. The monoisotopic (exact) mass is 516 g/mol. The molecule has 1 N–H and O–H groups in total. The number of nitrogens with zero attached hydrogens (tertiary/aromatic N) is 1. The van der Waals surface area contributed by atoms with Crippen molar-refractivity contribution in [3.05, 3.63) is 0 Å². The predicted molar refractivity (Wildman–Crippen MR) is 148 cm³/mol. The molecule has 2 rings (SSSR count). The second kappa shape index (κ2) is 14.2. The first-order valence-corrected chi connectivity index (χ1v) is 19.2. The zero-order valence-electron chi connectivity index (χ0n) is 23.7. The lowest BCUT2D eigenvalue weighted by Gasteiger charge is -2.45. The summed E-state index contributed by atoms with van der Waals surface area (Å²) in [4.78, 5) is 2.66. The molecule has 1 saturated heterocycles. The van der Waals surface area contributed by atoms with E-state index < -0.39 is 16.6 Å². The van der Waals surface area contributed by atoms with Crippen molar-refractivity contribution >= 4 is 16.6 Å². The predicted octanol–water partition coefficient (Wildman–Crippen LogP) is 5.46. The van der Waals surface area contributed by atoms with Gasteiger partial charge >= 0.3 is 0 Å². The van der Waals surface area contributed by atoms with E-state index in [-0.39, 0.29) is 12.4 Å². The van der Waals surface area contributed by atoms with Gasteiger partial charge in [0.25, 0.3) is 0 Å². The minimum atomic E-state index is -1.70. The SMILES string of the molecule is CC[Si](CC)(CC)OC(CNCC(OC)OC)CN1CCC2(CC2)C(O[Si](CC)(CC)CC)C1. The molecule has 0 bridgehead atoms. The van der Waals surface area contributed by atoms with E-state index >= 15 is 0 Å². The van der Waals surface area contributed by atoms with Crippen molar-refractivity contribution in [3.63, 3.8) is 0 Å². The highest BCUT2D eigenvalue weighted by molar-refractivity contribution is 6.74. The number of methoxy groups -OCH3 is 2. The van der Waals surface area contributed by atoms with Gasteiger partial charge in [-0.3, -0.25) is 4.90 Å². The molecule has 1 aliphatic carbocycles. The molecule has 0 aromatic rings. The highest BCUT2D eigenvalue weighted by Crippen LogP contribution is 2.55. The summed E-state index contributed by atoms with van der Waals surface area (Å²) in [5.74, 6) is 0. The molecular formula is C26H56N2O4Si2. The Kier molecular flexibility index (Phi) is 12.7. The Morgan fingerprint density at radius 1 is 0.824 bits per heavy atom. The van der Waals surface area contributed by atoms with Crippen molar-refractivity contribution in [2.75, 3.05) is 46.9 Å². The third-order valence-corrected chi connectivity index (χ3v) is 18.6. The molecule has 0 radical (unpaired) electrons. The van der Waals surface area contributed by atoms with Crippen LogP contribution < -0.4 is 5.32 Å². The molecule has 8 heteroatoms. The second-order valence-electron chi connectivity index (χ2n) is 10.8. The first-order chi connectivity index (χ1) is 16.3. The fourth-order valence-corrected chi connectivity index (χ4v) is 11.6. The molecular weight excluding hydrogens is 460 g/mol. The van der Waals surface area contributed by atoms with E-state index in [1.165, 1.54) is 62.1 Å². The van der Waals surface area contributed by atoms with Gasteiger partial charge in [0.05, 0.1) is 12.2 Å². The highest BCUT2D eigenvalue weighted by atomic mass is 28.4. The standard InChI is InChI=1S/C26H56N2O4Si2/c1-9-33(10-2,11-3)31-23(19-27-20-25(29-7)30-8)21-28-18-17-26(15-16-26)24(22-28)32-34(12-4,13-5)14-6/h23-25,27H,9-22H2,1-8H3. The molecule has 6 nitrogen and oxygen atoms in total. The van der Waals surface area contributed by atoms with E-state index in [1.54, 1.807) is 14.2 Å². The molecule has 0 aromatic carbocycles. The van der Waals surface area contributed by atoms with Crippen LogP contribution in [0.5, 0.6) is 0 Å². The Morgan fingerprint density at radius 2 is 1.38 bits per heavy atom. The Labute approximate surface area is 213 Å². The Bertz CT molecular complexity index is 550. The van der Waals surface area contributed by atoms with Crippen LogP contribution >= 0.6 is 0 Å². The fraction of sp³-hybridized carbons (Fsp3) is 1.00. The molecule has 2 fully saturated rings. The number of rotatable bonds is 18. The molecule has 2 atom stereocenters. The summed E-state index contributed by atoms with van der Waals surface area (Å²) in [5, 5.41) is 3.57. The largest absolute Gasteiger partial charge is 0.412 e. The molecule has 0 aromatic heterocycles. The lowest BCUT2D eigenvalue weighted by molar-refractivity contribution is -0.0995. The minimum absolute atomic E-state index is 0.195. The smallest absolute Gasteiger partial charge is 0.192 e. The van der Waals surface area contributed by atoms with Gasteiger partial charge in [-0.05, 0) is 67.5 Å². The van der Waals surface area contributed by atoms with Crippen LogP contribution in [0.15, 0.2) is 0 Å². The van der Waals surface area contributed by atoms with Crippen molar-refractivity contribution in [2.45, 2.75) is 116 Å². The maximum absolute atomic E-state index is 7.14. The number of ether oxygens (including phenoxy) is 2. The maximum atomic E-state index is 7.14. The normalized spacial score (nSPS) is 22.0. The van der Waals surface area contributed by atoms with E-state index in [0.717, 1.165) is 19.6 Å². The molecule has 1 saturated carbocycles. The number of hydrogen-bond donors (Lipinski definition) is 1. The average molecular weight is 517 g/mol. The Balaban J connectivity index is 2.09. The van der Waals surface area contributed by atoms with E-state index in [2.05, 4.69) is 51.8 Å². The van der Waals surface area contributed by atoms with E-state index in [9.17, 15) is 0 Å². The molecule has 1 heterocycles. The summed E-state index contributed by atoms with van der Waals surface area (Å²) in [6, 6.07) is 7.26. The zero-order valence-corrected chi connectivity index (χ0v) is 25.7. The lowest BCUT2D eigenvalue weighted by atomic mass is 9.90. The lowest BCUT2D eigenvalue weighted by Crippen LogP contribution is -2.55. The van der Waals surface area contributed by atoms with Gasteiger partial charge in [-0.1, -0.05) is 41.5 Å². The molecule has 34 heavy (non-hydrogen) atoms.